The lowest BCUT2D eigenvalue weighted by atomic mass is 9.89. The lowest BCUT2D eigenvalue weighted by Crippen LogP contribution is -2.53. The van der Waals surface area contributed by atoms with Crippen molar-refractivity contribution in [2.75, 3.05) is 20.1 Å². The quantitative estimate of drug-likeness (QED) is 0.712. The smallest absolute Gasteiger partial charge is 0.250 e. The van der Waals surface area contributed by atoms with Crippen LogP contribution in [0.15, 0.2) is 12.4 Å². The third kappa shape index (κ3) is 1.72. The van der Waals surface area contributed by atoms with Crippen LogP contribution in [0, 0.1) is 0 Å². The summed E-state index contributed by atoms with van der Waals surface area (Å²) in [5.74, 6) is 0.899. The summed E-state index contributed by atoms with van der Waals surface area (Å²) in [6.07, 6.45) is 5.01. The molecule has 0 aromatic carbocycles. The van der Waals surface area contributed by atoms with E-state index in [0.717, 1.165) is 31.8 Å². The van der Waals surface area contributed by atoms with Crippen LogP contribution in [-0.4, -0.2) is 41.7 Å². The number of hydrogen-bond acceptors (Lipinski definition) is 4. The summed E-state index contributed by atoms with van der Waals surface area (Å²) in [5, 5.41) is 5.99. The number of amides is 1. The Hall–Kier alpha value is -1.40. The number of imidazole rings is 1. The zero-order chi connectivity index (χ0) is 12.6. The monoisotopic (exact) mass is 250 g/mol. The van der Waals surface area contributed by atoms with Gasteiger partial charge in [-0.2, -0.15) is 0 Å². The Kier molecular flexibility index (Phi) is 2.83. The summed E-state index contributed by atoms with van der Waals surface area (Å²) in [7, 11) is 1.64. The molecule has 1 fully saturated rings. The van der Waals surface area contributed by atoms with E-state index >= 15 is 0 Å². The van der Waals surface area contributed by atoms with Crippen LogP contribution in [0.1, 0.15) is 18.7 Å². The van der Waals surface area contributed by atoms with E-state index < -0.39 is 11.7 Å². The third-order valence-corrected chi connectivity index (χ3v) is 3.80. The van der Waals surface area contributed by atoms with E-state index in [2.05, 4.69) is 20.2 Å². The van der Waals surface area contributed by atoms with Crippen LogP contribution in [0.3, 0.4) is 0 Å². The first-order chi connectivity index (χ1) is 8.75. The first kappa shape index (κ1) is 11.7. The Morgan fingerprint density at radius 2 is 2.39 bits per heavy atom. The number of likely N-dealkylation sites (N-methyl/N-ethyl adjacent to an activating group) is 1. The summed E-state index contributed by atoms with van der Waals surface area (Å²) in [6.45, 7) is 2.34. The predicted molar refractivity (Wildman–Crippen MR) is 64.9 cm³/mol. The van der Waals surface area contributed by atoms with Crippen molar-refractivity contribution in [2.24, 2.45) is 0 Å². The van der Waals surface area contributed by atoms with Gasteiger partial charge < -0.3 is 19.9 Å². The number of nitrogens with one attached hydrogen (secondary N) is 2. The molecular weight excluding hydrogens is 232 g/mol. The van der Waals surface area contributed by atoms with Crippen LogP contribution in [0.4, 0.5) is 0 Å². The number of ether oxygens (including phenoxy) is 1. The molecule has 1 atom stereocenters. The van der Waals surface area contributed by atoms with E-state index in [-0.39, 0.29) is 5.91 Å². The topological polar surface area (TPSA) is 68.2 Å². The molecule has 98 valence electrons. The molecule has 1 saturated heterocycles. The second-order valence-corrected chi connectivity index (χ2v) is 4.87. The lowest BCUT2D eigenvalue weighted by molar-refractivity contribution is -0.167. The lowest BCUT2D eigenvalue weighted by Gasteiger charge is -2.42. The van der Waals surface area contributed by atoms with Gasteiger partial charge in [0, 0.05) is 19.4 Å². The molecule has 6 heteroatoms. The summed E-state index contributed by atoms with van der Waals surface area (Å²) in [5.41, 5.74) is -0.399. The van der Waals surface area contributed by atoms with Crippen molar-refractivity contribution in [3.8, 4) is 0 Å². The Balaban J connectivity index is 1.96. The standard InChI is InChI=1S/C12H18N4O2/c1-13-10(17)9-8-16-7-6-15-11(16)12(18-9)2-4-14-5-3-12/h6-7,9,14H,2-5,8H2,1H3,(H,13,17)/t9-/m1/s1. The average Bonchev–Trinajstić information content (AvgIpc) is 2.88. The second kappa shape index (κ2) is 4.37. The molecule has 2 aliphatic heterocycles. The van der Waals surface area contributed by atoms with E-state index in [1.54, 1.807) is 13.2 Å². The van der Waals surface area contributed by atoms with Gasteiger partial charge in [-0.25, -0.2) is 4.98 Å². The summed E-state index contributed by atoms with van der Waals surface area (Å²) in [6, 6.07) is 0. The van der Waals surface area contributed by atoms with Gasteiger partial charge in [-0.15, -0.1) is 0 Å². The molecule has 1 aromatic rings. The van der Waals surface area contributed by atoms with Crippen molar-refractivity contribution >= 4 is 5.91 Å². The Morgan fingerprint density at radius 3 is 3.11 bits per heavy atom. The van der Waals surface area contributed by atoms with Gasteiger partial charge in [-0.3, -0.25) is 4.79 Å². The first-order valence-corrected chi connectivity index (χ1v) is 6.37. The molecule has 2 N–H and O–H groups in total. The van der Waals surface area contributed by atoms with E-state index in [1.807, 2.05) is 6.20 Å². The van der Waals surface area contributed by atoms with Crippen LogP contribution in [-0.2, 0) is 21.7 Å². The van der Waals surface area contributed by atoms with E-state index in [4.69, 9.17) is 4.74 Å². The molecule has 3 heterocycles. The van der Waals surface area contributed by atoms with Gasteiger partial charge in [0.05, 0.1) is 6.54 Å². The maximum atomic E-state index is 11.8. The highest BCUT2D eigenvalue weighted by Gasteiger charge is 2.45. The molecule has 0 unspecified atom stereocenters. The fourth-order valence-electron chi connectivity index (χ4n) is 2.87. The third-order valence-electron chi connectivity index (χ3n) is 3.80. The van der Waals surface area contributed by atoms with Crippen molar-refractivity contribution < 1.29 is 9.53 Å². The number of hydrogen-bond donors (Lipinski definition) is 2. The van der Waals surface area contributed by atoms with Gasteiger partial charge in [0.25, 0.3) is 5.91 Å². The number of aromatic nitrogens is 2. The van der Waals surface area contributed by atoms with Crippen molar-refractivity contribution in [3.05, 3.63) is 18.2 Å². The molecule has 0 saturated carbocycles. The van der Waals surface area contributed by atoms with Gasteiger partial charge in [0.2, 0.25) is 0 Å². The Bertz CT molecular complexity index is 451. The van der Waals surface area contributed by atoms with Crippen LogP contribution in [0.2, 0.25) is 0 Å². The minimum absolute atomic E-state index is 0.0627. The number of nitrogens with zero attached hydrogens (tertiary/aromatic N) is 2. The zero-order valence-electron chi connectivity index (χ0n) is 10.5. The molecule has 6 nitrogen and oxygen atoms in total. The zero-order valence-corrected chi connectivity index (χ0v) is 10.5. The molecule has 1 aromatic heterocycles. The molecule has 1 spiro atoms. The molecule has 0 radical (unpaired) electrons. The molecular formula is C12H18N4O2. The average molecular weight is 250 g/mol. The highest BCUT2D eigenvalue weighted by Crippen LogP contribution is 2.38. The number of rotatable bonds is 1. The molecule has 3 rings (SSSR count). The van der Waals surface area contributed by atoms with Crippen LogP contribution in [0.25, 0.3) is 0 Å². The van der Waals surface area contributed by atoms with Crippen molar-refractivity contribution in [3.63, 3.8) is 0 Å². The molecule has 18 heavy (non-hydrogen) atoms. The number of piperidine rings is 1. The summed E-state index contributed by atoms with van der Waals surface area (Å²) < 4.78 is 8.17. The predicted octanol–water partition coefficient (Wildman–Crippen LogP) is -0.393. The fourth-order valence-corrected chi connectivity index (χ4v) is 2.87. The van der Waals surface area contributed by atoms with Gasteiger partial charge >= 0.3 is 0 Å². The van der Waals surface area contributed by atoms with Gasteiger partial charge in [0.1, 0.15) is 11.4 Å². The Morgan fingerprint density at radius 1 is 1.61 bits per heavy atom. The maximum Gasteiger partial charge on any atom is 0.250 e. The van der Waals surface area contributed by atoms with Crippen LogP contribution < -0.4 is 10.6 Å². The molecule has 1 amide bonds. The number of carbonyl (C=O) groups is 1. The molecule has 2 aliphatic rings. The number of carbonyl (C=O) groups excluding carboxylic acids is 1. The SMILES string of the molecule is CNC(=O)[C@H]1Cn2ccnc2C2(CCNCC2)O1. The Labute approximate surface area is 106 Å². The van der Waals surface area contributed by atoms with Crippen molar-refractivity contribution in [2.45, 2.75) is 31.1 Å². The first-order valence-electron chi connectivity index (χ1n) is 6.37. The highest BCUT2D eigenvalue weighted by molar-refractivity contribution is 5.80. The largest absolute Gasteiger partial charge is 0.357 e. The second-order valence-electron chi connectivity index (χ2n) is 4.87. The van der Waals surface area contributed by atoms with Crippen LogP contribution in [0.5, 0.6) is 0 Å². The van der Waals surface area contributed by atoms with Gasteiger partial charge in [-0.1, -0.05) is 0 Å². The number of fused-ring (bicyclic) bond motifs is 2. The highest BCUT2D eigenvalue weighted by atomic mass is 16.5. The molecule has 0 aliphatic carbocycles. The van der Waals surface area contributed by atoms with Crippen molar-refractivity contribution in [1.29, 1.82) is 0 Å². The van der Waals surface area contributed by atoms with Gasteiger partial charge in [0.15, 0.2) is 6.10 Å². The van der Waals surface area contributed by atoms with Gasteiger partial charge in [-0.05, 0) is 25.9 Å². The van der Waals surface area contributed by atoms with Crippen molar-refractivity contribution in [1.82, 2.24) is 20.2 Å². The van der Waals surface area contributed by atoms with E-state index in [0.29, 0.717) is 6.54 Å². The minimum atomic E-state index is -0.421. The maximum absolute atomic E-state index is 11.8. The summed E-state index contributed by atoms with van der Waals surface area (Å²) >= 11 is 0. The van der Waals surface area contributed by atoms with Crippen LogP contribution >= 0.6 is 0 Å². The van der Waals surface area contributed by atoms with E-state index in [1.165, 1.54) is 0 Å². The normalized spacial score (nSPS) is 25.7. The minimum Gasteiger partial charge on any atom is -0.357 e. The van der Waals surface area contributed by atoms with E-state index in [9.17, 15) is 4.79 Å². The summed E-state index contributed by atoms with van der Waals surface area (Å²) in [4.78, 5) is 16.3. The molecule has 0 bridgehead atoms. The fraction of sp³-hybridized carbons (Fsp3) is 0.667.